The molecule has 0 amide bonds. The summed E-state index contributed by atoms with van der Waals surface area (Å²) in [5, 5.41) is 0. The Kier molecular flexibility index (Phi) is 2.56. The van der Waals surface area contributed by atoms with Crippen molar-refractivity contribution in [2.75, 3.05) is 7.11 Å². The van der Waals surface area contributed by atoms with E-state index >= 15 is 0 Å². The van der Waals surface area contributed by atoms with Crippen LogP contribution in [0, 0.1) is 5.92 Å². The highest BCUT2D eigenvalue weighted by Crippen LogP contribution is 2.50. The number of rotatable bonds is 2. The number of esters is 1. The number of ether oxygens (including phenoxy) is 1. The molecule has 0 radical (unpaired) electrons. The van der Waals surface area contributed by atoms with E-state index in [0.29, 0.717) is 6.42 Å². The van der Waals surface area contributed by atoms with Crippen LogP contribution in [0.1, 0.15) is 12.0 Å². The Labute approximate surface area is 96.7 Å². The lowest BCUT2D eigenvalue weighted by molar-refractivity contribution is -0.142. The molecule has 2 N–H and O–H groups in total. The van der Waals surface area contributed by atoms with Crippen molar-refractivity contribution in [1.29, 1.82) is 0 Å². The van der Waals surface area contributed by atoms with Gasteiger partial charge >= 0.3 is 5.97 Å². The minimum absolute atomic E-state index is 0.197. The van der Waals surface area contributed by atoms with Gasteiger partial charge in [-0.15, -0.1) is 0 Å². The molecular weight excluding hydrogens is 258 g/mol. The lowest BCUT2D eigenvalue weighted by Gasteiger charge is -2.11. The second kappa shape index (κ2) is 3.61. The number of nitrogens with two attached hydrogens (primary N) is 1. The second-order valence-electron chi connectivity index (χ2n) is 3.83. The molecule has 2 unspecified atom stereocenters. The third kappa shape index (κ3) is 1.79. The minimum Gasteiger partial charge on any atom is -0.469 e. The highest BCUT2D eigenvalue weighted by molar-refractivity contribution is 9.10. The zero-order valence-corrected chi connectivity index (χ0v) is 9.95. The van der Waals surface area contributed by atoms with Gasteiger partial charge in [-0.25, -0.2) is 0 Å². The average molecular weight is 270 g/mol. The first kappa shape index (κ1) is 10.6. The van der Waals surface area contributed by atoms with Crippen LogP contribution >= 0.6 is 15.9 Å². The molecule has 2 rings (SSSR count). The van der Waals surface area contributed by atoms with E-state index in [1.807, 2.05) is 24.3 Å². The summed E-state index contributed by atoms with van der Waals surface area (Å²) in [5.74, 6) is -0.422. The quantitative estimate of drug-likeness (QED) is 0.834. The molecule has 1 saturated carbocycles. The van der Waals surface area contributed by atoms with Crippen LogP contribution < -0.4 is 5.73 Å². The molecule has 0 aromatic heterocycles. The van der Waals surface area contributed by atoms with Crippen LogP contribution in [0.15, 0.2) is 28.7 Å². The summed E-state index contributed by atoms with van der Waals surface area (Å²) in [6.07, 6.45) is 0.663. The first-order chi connectivity index (χ1) is 7.08. The fourth-order valence-corrected chi connectivity index (χ4v) is 2.21. The minimum atomic E-state index is -0.531. The van der Waals surface area contributed by atoms with Gasteiger partial charge in [-0.1, -0.05) is 28.1 Å². The summed E-state index contributed by atoms with van der Waals surface area (Å²) in [7, 11) is 1.39. The smallest absolute Gasteiger partial charge is 0.310 e. The zero-order valence-electron chi connectivity index (χ0n) is 8.37. The van der Waals surface area contributed by atoms with Crippen molar-refractivity contribution in [2.24, 2.45) is 11.7 Å². The van der Waals surface area contributed by atoms with E-state index in [9.17, 15) is 4.79 Å². The van der Waals surface area contributed by atoms with Crippen molar-refractivity contribution >= 4 is 21.9 Å². The molecule has 1 aliphatic rings. The van der Waals surface area contributed by atoms with Gasteiger partial charge in [0.1, 0.15) is 0 Å². The molecule has 0 aliphatic heterocycles. The molecule has 1 aromatic rings. The maximum absolute atomic E-state index is 11.3. The van der Waals surface area contributed by atoms with Gasteiger partial charge in [0.25, 0.3) is 0 Å². The van der Waals surface area contributed by atoms with Crippen LogP contribution in [0.5, 0.6) is 0 Å². The van der Waals surface area contributed by atoms with Crippen LogP contribution in [0.25, 0.3) is 0 Å². The maximum Gasteiger partial charge on any atom is 0.310 e. The molecule has 0 spiro atoms. The third-order valence-electron chi connectivity index (χ3n) is 2.85. The SMILES string of the molecule is COC(=O)C1CC1(N)c1cccc(Br)c1. The predicted octanol–water partition coefficient (Wildman–Crippen LogP) is 1.80. The molecule has 2 atom stereocenters. The Morgan fingerprint density at radius 2 is 2.40 bits per heavy atom. The Bertz CT molecular complexity index is 407. The van der Waals surface area contributed by atoms with Crippen LogP contribution in [-0.2, 0) is 15.1 Å². The van der Waals surface area contributed by atoms with Crippen LogP contribution in [0.2, 0.25) is 0 Å². The summed E-state index contributed by atoms with van der Waals surface area (Å²) in [5.41, 5.74) is 6.58. The monoisotopic (exact) mass is 269 g/mol. The lowest BCUT2D eigenvalue weighted by atomic mass is 10.0. The Hall–Kier alpha value is -0.870. The molecule has 1 fully saturated rings. The van der Waals surface area contributed by atoms with Gasteiger partial charge in [0.2, 0.25) is 0 Å². The van der Waals surface area contributed by atoms with Gasteiger partial charge in [-0.3, -0.25) is 4.79 Å². The summed E-state index contributed by atoms with van der Waals surface area (Å²) >= 11 is 3.38. The zero-order chi connectivity index (χ0) is 11.1. The molecule has 4 heteroatoms. The van der Waals surface area contributed by atoms with Crippen molar-refractivity contribution < 1.29 is 9.53 Å². The van der Waals surface area contributed by atoms with Crippen molar-refractivity contribution in [3.05, 3.63) is 34.3 Å². The maximum atomic E-state index is 11.3. The number of carbonyl (C=O) groups is 1. The topological polar surface area (TPSA) is 52.3 Å². The Morgan fingerprint density at radius 3 is 3.00 bits per heavy atom. The van der Waals surface area contributed by atoms with E-state index in [1.165, 1.54) is 7.11 Å². The molecule has 0 heterocycles. The summed E-state index contributed by atoms with van der Waals surface area (Å²) in [6.45, 7) is 0. The van der Waals surface area contributed by atoms with Gasteiger partial charge < -0.3 is 10.5 Å². The number of hydrogen-bond acceptors (Lipinski definition) is 3. The lowest BCUT2D eigenvalue weighted by Crippen LogP contribution is -2.25. The number of benzene rings is 1. The first-order valence-corrected chi connectivity index (χ1v) is 5.50. The first-order valence-electron chi connectivity index (χ1n) is 4.70. The van der Waals surface area contributed by atoms with Crippen molar-refractivity contribution in [1.82, 2.24) is 0 Å². The fraction of sp³-hybridized carbons (Fsp3) is 0.364. The average Bonchev–Trinajstić information content (AvgIpc) is 2.91. The molecular formula is C11H12BrNO2. The highest BCUT2D eigenvalue weighted by atomic mass is 79.9. The van der Waals surface area contributed by atoms with Gasteiger partial charge in [0, 0.05) is 4.47 Å². The predicted molar refractivity (Wildman–Crippen MR) is 60.1 cm³/mol. The van der Waals surface area contributed by atoms with Crippen molar-refractivity contribution in [3.8, 4) is 0 Å². The molecule has 3 nitrogen and oxygen atoms in total. The van der Waals surface area contributed by atoms with Crippen LogP contribution in [-0.4, -0.2) is 13.1 Å². The summed E-state index contributed by atoms with van der Waals surface area (Å²) in [6, 6.07) is 7.74. The number of halogens is 1. The summed E-state index contributed by atoms with van der Waals surface area (Å²) in [4.78, 5) is 11.3. The number of methoxy groups -OCH3 is 1. The Morgan fingerprint density at radius 1 is 1.67 bits per heavy atom. The van der Waals surface area contributed by atoms with Crippen LogP contribution in [0.3, 0.4) is 0 Å². The molecule has 15 heavy (non-hydrogen) atoms. The van der Waals surface area contributed by atoms with E-state index in [2.05, 4.69) is 15.9 Å². The van der Waals surface area contributed by atoms with Crippen molar-refractivity contribution in [3.63, 3.8) is 0 Å². The molecule has 1 aliphatic carbocycles. The number of hydrogen-bond donors (Lipinski definition) is 1. The number of carbonyl (C=O) groups excluding carboxylic acids is 1. The van der Waals surface area contributed by atoms with E-state index in [1.54, 1.807) is 0 Å². The van der Waals surface area contributed by atoms with E-state index in [-0.39, 0.29) is 11.9 Å². The molecule has 0 bridgehead atoms. The third-order valence-corrected chi connectivity index (χ3v) is 3.34. The van der Waals surface area contributed by atoms with Gasteiger partial charge in [-0.2, -0.15) is 0 Å². The summed E-state index contributed by atoms with van der Waals surface area (Å²) < 4.78 is 5.66. The van der Waals surface area contributed by atoms with Gasteiger partial charge in [0.15, 0.2) is 0 Å². The van der Waals surface area contributed by atoms with E-state index in [0.717, 1.165) is 10.0 Å². The second-order valence-corrected chi connectivity index (χ2v) is 4.75. The highest BCUT2D eigenvalue weighted by Gasteiger charge is 2.57. The standard InChI is InChI=1S/C11H12BrNO2/c1-15-10(14)9-6-11(9,13)7-3-2-4-8(12)5-7/h2-5,9H,6,13H2,1H3. The largest absolute Gasteiger partial charge is 0.469 e. The van der Waals surface area contributed by atoms with Gasteiger partial charge in [-0.05, 0) is 24.1 Å². The molecule has 0 saturated heterocycles. The van der Waals surface area contributed by atoms with E-state index < -0.39 is 5.54 Å². The Balaban J connectivity index is 2.23. The van der Waals surface area contributed by atoms with Crippen LogP contribution in [0.4, 0.5) is 0 Å². The fourth-order valence-electron chi connectivity index (χ4n) is 1.81. The molecule has 80 valence electrons. The van der Waals surface area contributed by atoms with E-state index in [4.69, 9.17) is 10.5 Å². The normalized spacial score (nSPS) is 28.6. The van der Waals surface area contributed by atoms with Gasteiger partial charge in [0.05, 0.1) is 18.6 Å². The van der Waals surface area contributed by atoms with Crippen molar-refractivity contribution in [2.45, 2.75) is 12.0 Å². The molecule has 1 aromatic carbocycles.